The van der Waals surface area contributed by atoms with Crippen LogP contribution < -0.4 is 4.74 Å². The first-order valence-electron chi connectivity index (χ1n) is 8.43. The molecule has 1 atom stereocenters. The Hall–Kier alpha value is -2.40. The van der Waals surface area contributed by atoms with Crippen molar-refractivity contribution >= 4 is 5.91 Å². The van der Waals surface area contributed by atoms with Crippen LogP contribution in [0.5, 0.6) is 5.75 Å². The molecule has 3 rings (SSSR count). The number of hydrogen-bond acceptors (Lipinski definition) is 3. The van der Waals surface area contributed by atoms with Crippen LogP contribution in [0.3, 0.4) is 0 Å². The molecule has 2 aromatic rings. The van der Waals surface area contributed by atoms with Gasteiger partial charge < -0.3 is 14.4 Å². The number of morpholine rings is 1. The van der Waals surface area contributed by atoms with Crippen LogP contribution in [-0.2, 0) is 16.0 Å². The second-order valence-corrected chi connectivity index (χ2v) is 6.10. The fourth-order valence-electron chi connectivity index (χ4n) is 2.99. The lowest BCUT2D eigenvalue weighted by molar-refractivity contribution is -0.139. The summed E-state index contributed by atoms with van der Waals surface area (Å²) in [7, 11) is 1.63. The summed E-state index contributed by atoms with van der Waals surface area (Å²) in [6.45, 7) is 1.51. The van der Waals surface area contributed by atoms with E-state index in [4.69, 9.17) is 9.47 Å². The molecule has 25 heavy (non-hydrogen) atoms. The largest absolute Gasteiger partial charge is 0.497 e. The van der Waals surface area contributed by atoms with Gasteiger partial charge in [0.2, 0.25) is 5.91 Å². The van der Waals surface area contributed by atoms with E-state index < -0.39 is 0 Å². The molecule has 2 aromatic carbocycles. The minimum absolute atomic E-state index is 0.0977. The molecule has 1 amide bonds. The predicted octanol–water partition coefficient (Wildman–Crippen LogP) is 3.37. The Labute approximate surface area is 147 Å². The number of halogens is 1. The summed E-state index contributed by atoms with van der Waals surface area (Å²) in [5.41, 5.74) is 1.87. The number of methoxy groups -OCH3 is 1. The van der Waals surface area contributed by atoms with E-state index in [0.29, 0.717) is 32.5 Å². The number of carbonyl (C=O) groups is 1. The van der Waals surface area contributed by atoms with Crippen molar-refractivity contribution in [2.24, 2.45) is 0 Å². The summed E-state index contributed by atoms with van der Waals surface area (Å²) in [5, 5.41) is 0. The molecule has 0 spiro atoms. The van der Waals surface area contributed by atoms with Gasteiger partial charge in [-0.2, -0.15) is 0 Å². The highest BCUT2D eigenvalue weighted by molar-refractivity contribution is 5.76. The number of hydrogen-bond donors (Lipinski definition) is 0. The minimum atomic E-state index is -0.288. The number of benzene rings is 2. The first-order chi connectivity index (χ1) is 12.2. The lowest BCUT2D eigenvalue weighted by Crippen LogP contribution is -2.42. The van der Waals surface area contributed by atoms with Gasteiger partial charge in [0.25, 0.3) is 0 Å². The molecule has 0 aliphatic carbocycles. The first-order valence-corrected chi connectivity index (χ1v) is 8.43. The number of aryl methyl sites for hydroxylation is 1. The lowest BCUT2D eigenvalue weighted by Gasteiger charge is -2.33. The van der Waals surface area contributed by atoms with Gasteiger partial charge in [-0.05, 0) is 41.8 Å². The fourth-order valence-corrected chi connectivity index (χ4v) is 2.99. The van der Waals surface area contributed by atoms with Gasteiger partial charge in [0.1, 0.15) is 17.7 Å². The standard InChI is InChI=1S/C20H22FNO3/c1-24-18-8-5-15(6-9-18)7-10-20(23)22-11-12-25-19(14-22)16-3-2-4-17(21)13-16/h2-6,8-9,13,19H,7,10-12,14H2,1H3/t19-/m1/s1. The highest BCUT2D eigenvalue weighted by Gasteiger charge is 2.25. The maximum atomic E-state index is 13.4. The Balaban J connectivity index is 1.56. The topological polar surface area (TPSA) is 38.8 Å². The molecule has 1 aliphatic rings. The van der Waals surface area contributed by atoms with E-state index in [0.717, 1.165) is 16.9 Å². The highest BCUT2D eigenvalue weighted by Crippen LogP contribution is 2.23. The molecular weight excluding hydrogens is 321 g/mol. The van der Waals surface area contributed by atoms with E-state index in [-0.39, 0.29) is 17.8 Å². The van der Waals surface area contributed by atoms with Crippen molar-refractivity contribution in [2.45, 2.75) is 18.9 Å². The summed E-state index contributed by atoms with van der Waals surface area (Å²) in [6, 6.07) is 14.1. The molecule has 4 nitrogen and oxygen atoms in total. The molecule has 0 N–H and O–H groups in total. The van der Waals surface area contributed by atoms with E-state index in [9.17, 15) is 9.18 Å². The molecule has 0 aromatic heterocycles. The van der Waals surface area contributed by atoms with Crippen molar-refractivity contribution in [1.29, 1.82) is 0 Å². The Kier molecular flexibility index (Phi) is 5.66. The second kappa shape index (κ2) is 8.12. The molecule has 0 unspecified atom stereocenters. The first kappa shape index (κ1) is 17.4. The number of rotatable bonds is 5. The zero-order valence-electron chi connectivity index (χ0n) is 14.3. The van der Waals surface area contributed by atoms with E-state index >= 15 is 0 Å². The molecule has 1 aliphatic heterocycles. The van der Waals surface area contributed by atoms with Crippen LogP contribution in [0.25, 0.3) is 0 Å². The summed E-state index contributed by atoms with van der Waals surface area (Å²) in [5.74, 6) is 0.616. The molecule has 1 heterocycles. The van der Waals surface area contributed by atoms with Crippen LogP contribution in [0.15, 0.2) is 48.5 Å². The normalized spacial score (nSPS) is 17.4. The predicted molar refractivity (Wildman–Crippen MR) is 93.0 cm³/mol. The van der Waals surface area contributed by atoms with Crippen molar-refractivity contribution in [3.05, 3.63) is 65.5 Å². The van der Waals surface area contributed by atoms with E-state index in [1.807, 2.05) is 35.2 Å². The van der Waals surface area contributed by atoms with Crippen molar-refractivity contribution in [1.82, 2.24) is 4.90 Å². The molecule has 1 saturated heterocycles. The Bertz CT molecular complexity index is 717. The van der Waals surface area contributed by atoms with Crippen molar-refractivity contribution in [2.75, 3.05) is 26.8 Å². The third-order valence-electron chi connectivity index (χ3n) is 4.43. The molecule has 5 heteroatoms. The van der Waals surface area contributed by atoms with Crippen LogP contribution >= 0.6 is 0 Å². The van der Waals surface area contributed by atoms with Gasteiger partial charge in [-0.1, -0.05) is 24.3 Å². The van der Waals surface area contributed by atoms with Crippen LogP contribution in [0, 0.1) is 5.82 Å². The Morgan fingerprint density at radius 1 is 1.28 bits per heavy atom. The molecule has 0 bridgehead atoms. The zero-order chi connectivity index (χ0) is 17.6. The molecule has 132 valence electrons. The van der Waals surface area contributed by atoms with Gasteiger partial charge in [0.05, 0.1) is 20.3 Å². The summed E-state index contributed by atoms with van der Waals surface area (Å²) >= 11 is 0. The van der Waals surface area contributed by atoms with E-state index in [1.165, 1.54) is 12.1 Å². The summed E-state index contributed by atoms with van der Waals surface area (Å²) in [6.07, 6.45) is 0.863. The fraction of sp³-hybridized carbons (Fsp3) is 0.350. The third kappa shape index (κ3) is 4.57. The molecule has 0 radical (unpaired) electrons. The smallest absolute Gasteiger partial charge is 0.223 e. The zero-order valence-corrected chi connectivity index (χ0v) is 14.3. The molecule has 1 fully saturated rings. The quantitative estimate of drug-likeness (QED) is 0.835. The monoisotopic (exact) mass is 343 g/mol. The number of nitrogens with zero attached hydrogens (tertiary/aromatic N) is 1. The van der Waals surface area contributed by atoms with E-state index in [1.54, 1.807) is 13.2 Å². The van der Waals surface area contributed by atoms with Gasteiger partial charge >= 0.3 is 0 Å². The van der Waals surface area contributed by atoms with Gasteiger partial charge in [-0.3, -0.25) is 4.79 Å². The minimum Gasteiger partial charge on any atom is -0.497 e. The van der Waals surface area contributed by atoms with Crippen LogP contribution in [0.1, 0.15) is 23.7 Å². The highest BCUT2D eigenvalue weighted by atomic mass is 19.1. The molecule has 0 saturated carbocycles. The maximum Gasteiger partial charge on any atom is 0.223 e. The van der Waals surface area contributed by atoms with Crippen molar-refractivity contribution in [3.63, 3.8) is 0 Å². The number of carbonyl (C=O) groups excluding carboxylic acids is 1. The van der Waals surface area contributed by atoms with Crippen molar-refractivity contribution in [3.8, 4) is 5.75 Å². The summed E-state index contributed by atoms with van der Waals surface area (Å²) in [4.78, 5) is 14.3. The third-order valence-corrected chi connectivity index (χ3v) is 4.43. The van der Waals surface area contributed by atoms with Crippen LogP contribution in [0.2, 0.25) is 0 Å². The Morgan fingerprint density at radius 2 is 2.08 bits per heavy atom. The van der Waals surface area contributed by atoms with Crippen LogP contribution in [0.4, 0.5) is 4.39 Å². The van der Waals surface area contributed by atoms with Crippen LogP contribution in [-0.4, -0.2) is 37.6 Å². The molecular formula is C20H22FNO3. The SMILES string of the molecule is COc1ccc(CCC(=O)N2CCO[C@@H](c3cccc(F)c3)C2)cc1. The van der Waals surface area contributed by atoms with Gasteiger partial charge in [-0.15, -0.1) is 0 Å². The van der Waals surface area contributed by atoms with E-state index in [2.05, 4.69) is 0 Å². The Morgan fingerprint density at radius 3 is 2.80 bits per heavy atom. The van der Waals surface area contributed by atoms with Crippen molar-refractivity contribution < 1.29 is 18.7 Å². The second-order valence-electron chi connectivity index (χ2n) is 6.10. The van der Waals surface area contributed by atoms with Gasteiger partial charge in [0, 0.05) is 13.0 Å². The maximum absolute atomic E-state index is 13.4. The average molecular weight is 343 g/mol. The number of amides is 1. The van der Waals surface area contributed by atoms with Gasteiger partial charge in [0.15, 0.2) is 0 Å². The van der Waals surface area contributed by atoms with Gasteiger partial charge in [-0.25, -0.2) is 4.39 Å². The number of ether oxygens (including phenoxy) is 2. The average Bonchev–Trinajstić information content (AvgIpc) is 2.66. The summed E-state index contributed by atoms with van der Waals surface area (Å²) < 4.78 is 24.2. The lowest BCUT2D eigenvalue weighted by atomic mass is 10.1.